The lowest BCUT2D eigenvalue weighted by Gasteiger charge is -2.25. The minimum Gasteiger partial charge on any atom is -0.481 e. The minimum atomic E-state index is -1.04. The topological polar surface area (TPSA) is 114 Å². The Labute approximate surface area is 186 Å². The van der Waals surface area contributed by atoms with Gasteiger partial charge in [0, 0.05) is 19.1 Å². The van der Waals surface area contributed by atoms with E-state index in [4.69, 9.17) is 14.6 Å². The molecule has 0 spiro atoms. The molecule has 0 heterocycles. The van der Waals surface area contributed by atoms with Crippen LogP contribution in [-0.4, -0.2) is 55.0 Å². The van der Waals surface area contributed by atoms with Crippen molar-refractivity contribution in [2.24, 2.45) is 0 Å². The molecule has 0 fully saturated rings. The van der Waals surface area contributed by atoms with Crippen molar-refractivity contribution in [3.8, 4) is 11.1 Å². The number of methoxy groups -OCH3 is 1. The molecule has 2 amide bonds. The van der Waals surface area contributed by atoms with Crippen LogP contribution in [0.25, 0.3) is 11.1 Å². The van der Waals surface area contributed by atoms with Gasteiger partial charge in [0.25, 0.3) is 0 Å². The Hall–Kier alpha value is -3.39. The second kappa shape index (κ2) is 10.3. The lowest BCUT2D eigenvalue weighted by Crippen LogP contribution is -2.54. The van der Waals surface area contributed by atoms with Gasteiger partial charge in [-0.15, -0.1) is 0 Å². The Balaban J connectivity index is 1.66. The predicted molar refractivity (Wildman–Crippen MR) is 118 cm³/mol. The SMILES string of the molecule is CO[C@H](C)[C@H](NC(=O)OCC1c2ccccc2-c2ccccc21)C(=O)N[C@@H](C)CC(=O)O. The van der Waals surface area contributed by atoms with Crippen LogP contribution in [0.3, 0.4) is 0 Å². The van der Waals surface area contributed by atoms with E-state index in [9.17, 15) is 14.4 Å². The van der Waals surface area contributed by atoms with E-state index in [0.29, 0.717) is 0 Å². The molecule has 170 valence electrons. The van der Waals surface area contributed by atoms with Crippen molar-refractivity contribution < 1.29 is 29.0 Å². The first-order valence-corrected chi connectivity index (χ1v) is 10.5. The quantitative estimate of drug-likeness (QED) is 0.553. The van der Waals surface area contributed by atoms with Gasteiger partial charge in [-0.3, -0.25) is 9.59 Å². The zero-order valence-corrected chi connectivity index (χ0v) is 18.3. The van der Waals surface area contributed by atoms with Crippen molar-refractivity contribution in [1.29, 1.82) is 0 Å². The summed E-state index contributed by atoms with van der Waals surface area (Å²) >= 11 is 0. The second-order valence-electron chi connectivity index (χ2n) is 7.90. The number of carboxylic acids is 1. The van der Waals surface area contributed by atoms with E-state index in [1.165, 1.54) is 7.11 Å². The number of hydrogen-bond donors (Lipinski definition) is 3. The minimum absolute atomic E-state index is 0.101. The third kappa shape index (κ3) is 5.26. The number of rotatable bonds is 9. The average Bonchev–Trinajstić information content (AvgIpc) is 3.08. The maximum absolute atomic E-state index is 12.6. The highest BCUT2D eigenvalue weighted by Crippen LogP contribution is 2.44. The third-order valence-electron chi connectivity index (χ3n) is 5.61. The number of benzene rings is 2. The summed E-state index contributed by atoms with van der Waals surface area (Å²) in [6.45, 7) is 3.33. The maximum Gasteiger partial charge on any atom is 0.407 e. The fourth-order valence-corrected chi connectivity index (χ4v) is 3.94. The molecule has 3 N–H and O–H groups in total. The summed E-state index contributed by atoms with van der Waals surface area (Å²) in [5, 5.41) is 14.0. The molecule has 32 heavy (non-hydrogen) atoms. The smallest absolute Gasteiger partial charge is 0.407 e. The number of hydrogen-bond acceptors (Lipinski definition) is 5. The van der Waals surface area contributed by atoms with Gasteiger partial charge in [-0.1, -0.05) is 48.5 Å². The van der Waals surface area contributed by atoms with E-state index in [-0.39, 0.29) is 18.9 Å². The van der Waals surface area contributed by atoms with Gasteiger partial charge in [0.2, 0.25) is 5.91 Å². The Morgan fingerprint density at radius 3 is 2.06 bits per heavy atom. The monoisotopic (exact) mass is 440 g/mol. The number of nitrogens with one attached hydrogen (secondary N) is 2. The highest BCUT2D eigenvalue weighted by Gasteiger charge is 2.31. The first kappa shape index (κ1) is 23.3. The van der Waals surface area contributed by atoms with E-state index in [1.807, 2.05) is 48.5 Å². The van der Waals surface area contributed by atoms with Crippen molar-refractivity contribution in [3.05, 3.63) is 59.7 Å². The van der Waals surface area contributed by atoms with Gasteiger partial charge in [-0.25, -0.2) is 4.79 Å². The van der Waals surface area contributed by atoms with Crippen LogP contribution < -0.4 is 10.6 Å². The van der Waals surface area contributed by atoms with Crippen LogP contribution in [0.2, 0.25) is 0 Å². The summed E-state index contributed by atoms with van der Waals surface area (Å²) < 4.78 is 10.7. The molecule has 0 radical (unpaired) electrons. The van der Waals surface area contributed by atoms with Gasteiger partial charge in [-0.05, 0) is 36.1 Å². The van der Waals surface area contributed by atoms with E-state index >= 15 is 0 Å². The van der Waals surface area contributed by atoms with Gasteiger partial charge in [0.1, 0.15) is 12.6 Å². The Morgan fingerprint density at radius 2 is 1.53 bits per heavy atom. The molecule has 2 aromatic rings. The van der Waals surface area contributed by atoms with E-state index < -0.39 is 36.2 Å². The molecule has 3 rings (SSSR count). The predicted octanol–water partition coefficient (Wildman–Crippen LogP) is 2.91. The van der Waals surface area contributed by atoms with Gasteiger partial charge >= 0.3 is 12.1 Å². The lowest BCUT2D eigenvalue weighted by molar-refractivity contribution is -0.137. The molecule has 3 atom stereocenters. The number of alkyl carbamates (subject to hydrolysis) is 1. The Morgan fingerprint density at radius 1 is 0.969 bits per heavy atom. The van der Waals surface area contributed by atoms with Crippen LogP contribution in [-0.2, 0) is 19.1 Å². The van der Waals surface area contributed by atoms with Crippen molar-refractivity contribution in [2.45, 2.75) is 44.4 Å². The molecule has 0 saturated heterocycles. The van der Waals surface area contributed by atoms with Crippen molar-refractivity contribution in [2.75, 3.05) is 13.7 Å². The molecular formula is C24H28N2O6. The number of carboxylic acid groups (broad SMARTS) is 1. The molecule has 0 bridgehead atoms. The maximum atomic E-state index is 12.6. The molecule has 8 nitrogen and oxygen atoms in total. The molecular weight excluding hydrogens is 412 g/mol. The summed E-state index contributed by atoms with van der Waals surface area (Å²) in [7, 11) is 1.42. The zero-order chi connectivity index (χ0) is 23.3. The molecule has 8 heteroatoms. The summed E-state index contributed by atoms with van der Waals surface area (Å²) in [6.07, 6.45) is -1.63. The van der Waals surface area contributed by atoms with Crippen molar-refractivity contribution in [1.82, 2.24) is 10.6 Å². The van der Waals surface area contributed by atoms with Gasteiger partial charge in [0.05, 0.1) is 12.5 Å². The van der Waals surface area contributed by atoms with Crippen LogP contribution in [0.15, 0.2) is 48.5 Å². The number of ether oxygens (including phenoxy) is 2. The Kier molecular flexibility index (Phi) is 7.48. The molecule has 1 aliphatic rings. The van der Waals surface area contributed by atoms with Crippen LogP contribution >= 0.6 is 0 Å². The fraction of sp³-hybridized carbons (Fsp3) is 0.375. The number of amides is 2. The summed E-state index contributed by atoms with van der Waals surface area (Å²) in [5.41, 5.74) is 4.41. The summed E-state index contributed by atoms with van der Waals surface area (Å²) in [6, 6.07) is 14.4. The van der Waals surface area contributed by atoms with E-state index in [1.54, 1.807) is 13.8 Å². The molecule has 1 aliphatic carbocycles. The van der Waals surface area contributed by atoms with E-state index in [2.05, 4.69) is 10.6 Å². The molecule has 0 aromatic heterocycles. The van der Waals surface area contributed by atoms with E-state index in [0.717, 1.165) is 22.3 Å². The molecule has 2 aromatic carbocycles. The third-order valence-corrected chi connectivity index (χ3v) is 5.61. The first-order valence-electron chi connectivity index (χ1n) is 10.5. The number of aliphatic carboxylic acids is 1. The number of fused-ring (bicyclic) bond motifs is 3. The molecule has 0 unspecified atom stereocenters. The van der Waals surface area contributed by atoms with Crippen molar-refractivity contribution >= 4 is 18.0 Å². The summed E-state index contributed by atoms with van der Waals surface area (Å²) in [4.78, 5) is 36.0. The van der Waals surface area contributed by atoms with Crippen LogP contribution in [0.4, 0.5) is 4.79 Å². The molecule has 0 aliphatic heterocycles. The van der Waals surface area contributed by atoms with Gasteiger partial charge < -0.3 is 25.2 Å². The highest BCUT2D eigenvalue weighted by atomic mass is 16.5. The average molecular weight is 440 g/mol. The fourth-order valence-electron chi connectivity index (χ4n) is 3.94. The van der Waals surface area contributed by atoms with Crippen molar-refractivity contribution in [3.63, 3.8) is 0 Å². The molecule has 0 saturated carbocycles. The van der Waals surface area contributed by atoms with Crippen LogP contribution in [0.5, 0.6) is 0 Å². The number of carbonyl (C=O) groups is 3. The first-order chi connectivity index (χ1) is 15.3. The van der Waals surface area contributed by atoms with Crippen LogP contribution in [0, 0.1) is 0 Å². The standard InChI is InChI=1S/C24H28N2O6/c1-14(12-21(27)28)25-23(29)22(15(2)31-3)26-24(30)32-13-20-18-10-6-4-8-16(18)17-9-5-7-11-19(17)20/h4-11,14-15,20,22H,12-13H2,1-3H3,(H,25,29)(H,26,30)(H,27,28)/t14-,15+,22-/m0/s1. The van der Waals surface area contributed by atoms with Gasteiger partial charge in [-0.2, -0.15) is 0 Å². The Bertz CT molecular complexity index is 946. The highest BCUT2D eigenvalue weighted by molar-refractivity contribution is 5.87. The number of carbonyl (C=O) groups excluding carboxylic acids is 2. The van der Waals surface area contributed by atoms with Gasteiger partial charge in [0.15, 0.2) is 0 Å². The normalized spacial score (nSPS) is 15.1. The second-order valence-corrected chi connectivity index (χ2v) is 7.90. The lowest BCUT2D eigenvalue weighted by atomic mass is 9.98. The largest absolute Gasteiger partial charge is 0.481 e. The van der Waals surface area contributed by atoms with Crippen LogP contribution in [0.1, 0.15) is 37.3 Å². The zero-order valence-electron chi connectivity index (χ0n) is 18.3. The summed E-state index contributed by atoms with van der Waals surface area (Å²) in [5.74, 6) is -1.67.